The second-order valence-corrected chi connectivity index (χ2v) is 6.19. The van der Waals surface area contributed by atoms with Crippen LogP contribution in [0, 0.1) is 17.6 Å². The van der Waals surface area contributed by atoms with E-state index in [-0.39, 0.29) is 17.2 Å². The number of amides is 1. The van der Waals surface area contributed by atoms with E-state index < -0.39 is 29.7 Å². The van der Waals surface area contributed by atoms with Crippen molar-refractivity contribution in [3.8, 4) is 5.75 Å². The largest absolute Gasteiger partial charge is 0.494 e. The van der Waals surface area contributed by atoms with Gasteiger partial charge in [0.05, 0.1) is 19.3 Å². The second kappa shape index (κ2) is 7.18. The number of nitrogens with one attached hydrogen (secondary N) is 1. The van der Waals surface area contributed by atoms with Crippen molar-refractivity contribution in [3.05, 3.63) is 47.8 Å². The van der Waals surface area contributed by atoms with Crippen molar-refractivity contribution in [1.29, 1.82) is 0 Å². The third-order valence-electron chi connectivity index (χ3n) is 4.42. The number of aliphatic hydroxyl groups is 1. The molecule has 1 amide bonds. The summed E-state index contributed by atoms with van der Waals surface area (Å²) in [5.74, 6) is -3.05. The van der Waals surface area contributed by atoms with Crippen molar-refractivity contribution in [2.24, 2.45) is 5.92 Å². The summed E-state index contributed by atoms with van der Waals surface area (Å²) in [6.07, 6.45) is 3.93. The van der Waals surface area contributed by atoms with Gasteiger partial charge in [0.2, 0.25) is 5.82 Å². The van der Waals surface area contributed by atoms with Crippen molar-refractivity contribution in [2.45, 2.75) is 31.5 Å². The Kier molecular flexibility index (Phi) is 4.98. The highest BCUT2D eigenvalue weighted by Crippen LogP contribution is 2.28. The Morgan fingerprint density at radius 1 is 1.44 bits per heavy atom. The summed E-state index contributed by atoms with van der Waals surface area (Å²) in [4.78, 5) is 12.3. The lowest BCUT2D eigenvalue weighted by Gasteiger charge is -2.17. The number of carbonyl (C=O) groups is 1. The molecule has 1 fully saturated rings. The minimum absolute atomic E-state index is 0.0570. The van der Waals surface area contributed by atoms with Gasteiger partial charge < -0.3 is 15.2 Å². The van der Waals surface area contributed by atoms with Gasteiger partial charge in [-0.15, -0.1) is 0 Å². The molecule has 1 aromatic carbocycles. The molecular weight excluding hydrogens is 332 g/mol. The van der Waals surface area contributed by atoms with E-state index in [1.165, 1.54) is 7.11 Å². The lowest BCUT2D eigenvalue weighted by Crippen LogP contribution is -2.40. The van der Waals surface area contributed by atoms with Gasteiger partial charge in [-0.2, -0.15) is 9.49 Å². The van der Waals surface area contributed by atoms with Crippen LogP contribution < -0.4 is 10.1 Å². The van der Waals surface area contributed by atoms with Gasteiger partial charge in [-0.3, -0.25) is 9.48 Å². The molecule has 0 bridgehead atoms. The van der Waals surface area contributed by atoms with Crippen LogP contribution >= 0.6 is 0 Å². The van der Waals surface area contributed by atoms with Crippen LogP contribution in [-0.4, -0.2) is 40.0 Å². The lowest BCUT2D eigenvalue weighted by molar-refractivity contribution is 0.0872. The van der Waals surface area contributed by atoms with Crippen molar-refractivity contribution in [1.82, 2.24) is 15.1 Å². The molecule has 0 spiro atoms. The number of hydrogen-bond acceptors (Lipinski definition) is 4. The van der Waals surface area contributed by atoms with Crippen LogP contribution in [0.2, 0.25) is 0 Å². The first kappa shape index (κ1) is 17.3. The molecule has 2 aromatic rings. The van der Waals surface area contributed by atoms with E-state index in [4.69, 9.17) is 4.74 Å². The predicted octanol–water partition coefficient (Wildman–Crippen LogP) is 1.74. The molecule has 6 nitrogen and oxygen atoms in total. The number of carbonyl (C=O) groups excluding carboxylic acids is 1. The fraction of sp³-hybridized carbons (Fsp3) is 0.412. The van der Waals surface area contributed by atoms with Gasteiger partial charge in [0.25, 0.3) is 5.91 Å². The molecule has 0 radical (unpaired) electrons. The first-order valence-corrected chi connectivity index (χ1v) is 7.97. The summed E-state index contributed by atoms with van der Waals surface area (Å²) in [5, 5.41) is 17.0. The summed E-state index contributed by atoms with van der Waals surface area (Å²) in [5.41, 5.74) is -0.0570. The topological polar surface area (TPSA) is 76.4 Å². The quantitative estimate of drug-likeness (QED) is 0.860. The minimum Gasteiger partial charge on any atom is -0.494 e. The van der Waals surface area contributed by atoms with Gasteiger partial charge in [0.15, 0.2) is 11.6 Å². The third-order valence-corrected chi connectivity index (χ3v) is 4.42. The molecule has 1 unspecified atom stereocenters. The molecule has 25 heavy (non-hydrogen) atoms. The monoisotopic (exact) mass is 351 g/mol. The summed E-state index contributed by atoms with van der Waals surface area (Å²) in [7, 11) is 1.19. The third kappa shape index (κ3) is 3.79. The van der Waals surface area contributed by atoms with E-state index in [9.17, 15) is 18.7 Å². The van der Waals surface area contributed by atoms with Gasteiger partial charge in [0.1, 0.15) is 0 Å². The molecule has 1 aliphatic carbocycles. The first-order chi connectivity index (χ1) is 12.0. The standard InChI is InChI=1S/C17H19F2N3O3/c1-25-15-8-11(7-12(18)16(15)19)17(24)21-13-5-10(6-14(13)23)9-22-4-2-3-20-22/h2-4,7-8,10,13-14,23H,5-6,9H2,1H3,(H,21,24)/t10?,13-,14-/m1/s1. The Bertz CT molecular complexity index is 752. The molecule has 1 saturated carbocycles. The summed E-state index contributed by atoms with van der Waals surface area (Å²) >= 11 is 0. The number of benzene rings is 1. The number of aromatic nitrogens is 2. The highest BCUT2D eigenvalue weighted by atomic mass is 19.2. The maximum Gasteiger partial charge on any atom is 0.251 e. The van der Waals surface area contributed by atoms with Gasteiger partial charge in [-0.05, 0) is 37.0 Å². The van der Waals surface area contributed by atoms with Crippen LogP contribution in [0.15, 0.2) is 30.6 Å². The van der Waals surface area contributed by atoms with Crippen LogP contribution in [0.4, 0.5) is 8.78 Å². The zero-order valence-corrected chi connectivity index (χ0v) is 13.7. The molecule has 1 aliphatic rings. The number of nitrogens with zero attached hydrogens (tertiary/aromatic N) is 2. The van der Waals surface area contributed by atoms with Crippen LogP contribution in [0.1, 0.15) is 23.2 Å². The van der Waals surface area contributed by atoms with Crippen molar-refractivity contribution in [2.75, 3.05) is 7.11 Å². The van der Waals surface area contributed by atoms with Crippen molar-refractivity contribution < 1.29 is 23.4 Å². The number of methoxy groups -OCH3 is 1. The maximum absolute atomic E-state index is 13.6. The number of rotatable bonds is 5. The molecule has 3 atom stereocenters. The van der Waals surface area contributed by atoms with E-state index in [0.29, 0.717) is 19.4 Å². The Labute approximate surface area is 143 Å². The zero-order valence-electron chi connectivity index (χ0n) is 13.7. The Balaban J connectivity index is 1.65. The maximum atomic E-state index is 13.6. The van der Waals surface area contributed by atoms with Crippen molar-refractivity contribution >= 4 is 5.91 Å². The molecule has 1 heterocycles. The fourth-order valence-electron chi connectivity index (χ4n) is 3.19. The lowest BCUT2D eigenvalue weighted by atomic mass is 10.1. The Morgan fingerprint density at radius 3 is 2.92 bits per heavy atom. The number of halogens is 2. The average Bonchev–Trinajstić information content (AvgIpc) is 3.20. The molecule has 134 valence electrons. The van der Waals surface area contributed by atoms with E-state index >= 15 is 0 Å². The Morgan fingerprint density at radius 2 is 2.24 bits per heavy atom. The van der Waals surface area contributed by atoms with Crippen LogP contribution in [0.25, 0.3) is 0 Å². The molecular formula is C17H19F2N3O3. The molecule has 3 rings (SSSR count). The Hall–Kier alpha value is -2.48. The minimum atomic E-state index is -1.16. The van der Waals surface area contributed by atoms with E-state index in [1.54, 1.807) is 10.9 Å². The highest BCUT2D eigenvalue weighted by molar-refractivity contribution is 5.94. The van der Waals surface area contributed by atoms with Crippen LogP contribution in [0.3, 0.4) is 0 Å². The number of ether oxygens (including phenoxy) is 1. The molecule has 8 heteroatoms. The van der Waals surface area contributed by atoms with E-state index in [0.717, 1.165) is 12.1 Å². The molecule has 1 aromatic heterocycles. The van der Waals surface area contributed by atoms with Crippen LogP contribution in [0.5, 0.6) is 5.75 Å². The summed E-state index contributed by atoms with van der Waals surface area (Å²) in [6, 6.07) is 3.32. The number of hydrogen-bond donors (Lipinski definition) is 2. The SMILES string of the molecule is COc1cc(C(=O)N[C@@H]2CC(Cn3cccn3)C[C@H]2O)cc(F)c1F. The summed E-state index contributed by atoms with van der Waals surface area (Å²) in [6.45, 7) is 0.648. The second-order valence-electron chi connectivity index (χ2n) is 6.19. The summed E-state index contributed by atoms with van der Waals surface area (Å²) < 4.78 is 33.5. The van der Waals surface area contributed by atoms with Gasteiger partial charge >= 0.3 is 0 Å². The van der Waals surface area contributed by atoms with Gasteiger partial charge in [0, 0.05) is 24.5 Å². The zero-order chi connectivity index (χ0) is 18.0. The number of aliphatic hydroxyl groups excluding tert-OH is 1. The molecule has 0 saturated heterocycles. The first-order valence-electron chi connectivity index (χ1n) is 7.97. The van der Waals surface area contributed by atoms with E-state index in [1.807, 2.05) is 12.3 Å². The van der Waals surface area contributed by atoms with Crippen molar-refractivity contribution in [3.63, 3.8) is 0 Å². The average molecular weight is 351 g/mol. The highest BCUT2D eigenvalue weighted by Gasteiger charge is 2.34. The van der Waals surface area contributed by atoms with E-state index in [2.05, 4.69) is 10.4 Å². The smallest absolute Gasteiger partial charge is 0.251 e. The normalized spacial score (nSPS) is 22.8. The molecule has 0 aliphatic heterocycles. The predicted molar refractivity (Wildman–Crippen MR) is 85.1 cm³/mol. The van der Waals surface area contributed by atoms with Gasteiger partial charge in [-0.1, -0.05) is 0 Å². The van der Waals surface area contributed by atoms with Crippen LogP contribution in [-0.2, 0) is 6.54 Å². The fourth-order valence-corrected chi connectivity index (χ4v) is 3.19. The van der Waals surface area contributed by atoms with Gasteiger partial charge in [-0.25, -0.2) is 4.39 Å². The molecule has 2 N–H and O–H groups in total.